The molecule has 0 aliphatic carbocycles. The SMILES string of the molecule is CCCCCCC(C)Nc1cccc2cn[nH]c12. The highest BCUT2D eigenvalue weighted by atomic mass is 15.1. The zero-order chi connectivity index (χ0) is 12.8. The molecule has 2 rings (SSSR count). The van der Waals surface area contributed by atoms with Crippen LogP contribution in [-0.4, -0.2) is 16.2 Å². The van der Waals surface area contributed by atoms with Gasteiger partial charge in [-0.15, -0.1) is 0 Å². The minimum Gasteiger partial charge on any atom is -0.381 e. The van der Waals surface area contributed by atoms with Crippen LogP contribution < -0.4 is 5.32 Å². The van der Waals surface area contributed by atoms with Gasteiger partial charge in [0.15, 0.2) is 0 Å². The van der Waals surface area contributed by atoms with Crippen LogP contribution in [0.5, 0.6) is 0 Å². The maximum absolute atomic E-state index is 4.09. The predicted octanol–water partition coefficient (Wildman–Crippen LogP) is 4.33. The third-order valence-electron chi connectivity index (χ3n) is 3.37. The van der Waals surface area contributed by atoms with E-state index < -0.39 is 0 Å². The summed E-state index contributed by atoms with van der Waals surface area (Å²) in [5, 5.41) is 11.9. The van der Waals surface area contributed by atoms with E-state index in [1.54, 1.807) is 0 Å². The summed E-state index contributed by atoms with van der Waals surface area (Å²) in [7, 11) is 0. The quantitative estimate of drug-likeness (QED) is 0.713. The van der Waals surface area contributed by atoms with Gasteiger partial charge in [-0.25, -0.2) is 0 Å². The van der Waals surface area contributed by atoms with Crippen molar-refractivity contribution in [1.82, 2.24) is 10.2 Å². The minimum atomic E-state index is 0.510. The molecule has 98 valence electrons. The summed E-state index contributed by atoms with van der Waals surface area (Å²) in [5.74, 6) is 0. The molecule has 1 unspecified atom stereocenters. The number of para-hydroxylation sites is 1. The van der Waals surface area contributed by atoms with E-state index in [-0.39, 0.29) is 0 Å². The highest BCUT2D eigenvalue weighted by molar-refractivity contribution is 5.89. The first kappa shape index (κ1) is 12.9. The fourth-order valence-electron chi connectivity index (χ4n) is 2.30. The van der Waals surface area contributed by atoms with Gasteiger partial charge in [-0.2, -0.15) is 5.10 Å². The molecule has 0 amide bonds. The Morgan fingerprint density at radius 1 is 1.28 bits per heavy atom. The Morgan fingerprint density at radius 2 is 2.17 bits per heavy atom. The molecular formula is C15H23N3. The van der Waals surface area contributed by atoms with E-state index in [0.717, 1.165) is 16.6 Å². The number of nitrogens with zero attached hydrogens (tertiary/aromatic N) is 1. The molecule has 1 aromatic carbocycles. The van der Waals surface area contributed by atoms with Crippen LogP contribution in [0.25, 0.3) is 10.9 Å². The van der Waals surface area contributed by atoms with Gasteiger partial charge in [-0.1, -0.05) is 44.7 Å². The van der Waals surface area contributed by atoms with Crippen LogP contribution in [0.3, 0.4) is 0 Å². The Kier molecular flexibility index (Phi) is 4.62. The van der Waals surface area contributed by atoms with Crippen molar-refractivity contribution < 1.29 is 0 Å². The van der Waals surface area contributed by atoms with Crippen LogP contribution in [-0.2, 0) is 0 Å². The van der Waals surface area contributed by atoms with Gasteiger partial charge in [0.25, 0.3) is 0 Å². The molecule has 0 saturated carbocycles. The first-order valence-corrected chi connectivity index (χ1v) is 7.00. The maximum atomic E-state index is 4.09. The monoisotopic (exact) mass is 245 g/mol. The highest BCUT2D eigenvalue weighted by Crippen LogP contribution is 2.22. The fourth-order valence-corrected chi connectivity index (χ4v) is 2.30. The molecule has 2 aromatic rings. The third kappa shape index (κ3) is 3.25. The normalized spacial score (nSPS) is 12.8. The summed E-state index contributed by atoms with van der Waals surface area (Å²) in [4.78, 5) is 0. The molecule has 0 aliphatic heterocycles. The lowest BCUT2D eigenvalue weighted by Crippen LogP contribution is -2.15. The van der Waals surface area contributed by atoms with Gasteiger partial charge in [0.2, 0.25) is 0 Å². The largest absolute Gasteiger partial charge is 0.381 e. The van der Waals surface area contributed by atoms with E-state index in [1.165, 1.54) is 32.1 Å². The molecular weight excluding hydrogens is 222 g/mol. The first-order valence-electron chi connectivity index (χ1n) is 7.00. The number of H-pyrrole nitrogens is 1. The molecule has 1 aromatic heterocycles. The van der Waals surface area contributed by atoms with Crippen LogP contribution in [0.15, 0.2) is 24.4 Å². The Morgan fingerprint density at radius 3 is 3.00 bits per heavy atom. The van der Waals surface area contributed by atoms with Crippen molar-refractivity contribution in [2.24, 2.45) is 0 Å². The van der Waals surface area contributed by atoms with Crippen LogP contribution in [0.2, 0.25) is 0 Å². The standard InChI is InChI=1S/C15H23N3/c1-3-4-5-6-8-12(2)17-14-10-7-9-13-11-16-18-15(13)14/h7,9-12,17H,3-6,8H2,1-2H3,(H,16,18). The summed E-state index contributed by atoms with van der Waals surface area (Å²) in [5.41, 5.74) is 2.27. The van der Waals surface area contributed by atoms with Crippen LogP contribution in [0, 0.1) is 0 Å². The summed E-state index contributed by atoms with van der Waals surface area (Å²) >= 11 is 0. The molecule has 0 fully saturated rings. The number of unbranched alkanes of at least 4 members (excludes halogenated alkanes) is 3. The predicted molar refractivity (Wildman–Crippen MR) is 77.9 cm³/mol. The summed E-state index contributed by atoms with van der Waals surface area (Å²) in [6, 6.07) is 6.78. The number of aromatic nitrogens is 2. The van der Waals surface area contributed by atoms with E-state index in [0.29, 0.717) is 6.04 Å². The molecule has 2 N–H and O–H groups in total. The van der Waals surface area contributed by atoms with Crippen molar-refractivity contribution in [3.05, 3.63) is 24.4 Å². The highest BCUT2D eigenvalue weighted by Gasteiger charge is 2.06. The molecule has 0 radical (unpaired) electrons. The second kappa shape index (κ2) is 6.43. The van der Waals surface area contributed by atoms with E-state index in [4.69, 9.17) is 0 Å². The van der Waals surface area contributed by atoms with Gasteiger partial charge >= 0.3 is 0 Å². The average molecular weight is 245 g/mol. The van der Waals surface area contributed by atoms with Crippen molar-refractivity contribution in [2.75, 3.05) is 5.32 Å². The molecule has 0 saturated heterocycles. The van der Waals surface area contributed by atoms with Crippen LogP contribution in [0.4, 0.5) is 5.69 Å². The number of hydrogen-bond acceptors (Lipinski definition) is 2. The van der Waals surface area contributed by atoms with Crippen molar-refractivity contribution in [3.63, 3.8) is 0 Å². The van der Waals surface area contributed by atoms with Gasteiger partial charge in [-0.3, -0.25) is 5.10 Å². The average Bonchev–Trinajstić information content (AvgIpc) is 2.84. The number of fused-ring (bicyclic) bond motifs is 1. The Balaban J connectivity index is 1.90. The lowest BCUT2D eigenvalue weighted by molar-refractivity contribution is 0.594. The molecule has 0 bridgehead atoms. The van der Waals surface area contributed by atoms with Crippen molar-refractivity contribution in [3.8, 4) is 0 Å². The maximum Gasteiger partial charge on any atom is 0.0881 e. The Labute approximate surface area is 109 Å². The fraction of sp³-hybridized carbons (Fsp3) is 0.533. The molecule has 1 atom stereocenters. The van der Waals surface area contributed by atoms with Crippen LogP contribution in [0.1, 0.15) is 46.0 Å². The lowest BCUT2D eigenvalue weighted by Gasteiger charge is -2.15. The molecule has 0 aliphatic rings. The number of nitrogens with one attached hydrogen (secondary N) is 2. The summed E-state index contributed by atoms with van der Waals surface area (Å²) in [6.45, 7) is 4.50. The van der Waals surface area contributed by atoms with Crippen molar-refractivity contribution in [2.45, 2.75) is 52.0 Å². The van der Waals surface area contributed by atoms with Crippen molar-refractivity contribution in [1.29, 1.82) is 0 Å². The first-order chi connectivity index (χ1) is 8.81. The van der Waals surface area contributed by atoms with Gasteiger partial charge < -0.3 is 5.32 Å². The Bertz CT molecular complexity index is 475. The number of hydrogen-bond donors (Lipinski definition) is 2. The molecule has 3 nitrogen and oxygen atoms in total. The van der Waals surface area contributed by atoms with E-state index >= 15 is 0 Å². The lowest BCUT2D eigenvalue weighted by atomic mass is 10.1. The van der Waals surface area contributed by atoms with Crippen LogP contribution >= 0.6 is 0 Å². The number of benzene rings is 1. The van der Waals surface area contributed by atoms with E-state index in [9.17, 15) is 0 Å². The topological polar surface area (TPSA) is 40.7 Å². The number of rotatable bonds is 7. The molecule has 1 heterocycles. The zero-order valence-electron chi connectivity index (χ0n) is 11.4. The second-order valence-electron chi connectivity index (χ2n) is 5.03. The van der Waals surface area contributed by atoms with Gasteiger partial charge in [0.05, 0.1) is 17.4 Å². The summed E-state index contributed by atoms with van der Waals surface area (Å²) < 4.78 is 0. The molecule has 18 heavy (non-hydrogen) atoms. The summed E-state index contributed by atoms with van der Waals surface area (Å²) in [6.07, 6.45) is 8.40. The third-order valence-corrected chi connectivity index (χ3v) is 3.37. The van der Waals surface area contributed by atoms with Gasteiger partial charge in [0, 0.05) is 11.4 Å². The minimum absolute atomic E-state index is 0.510. The van der Waals surface area contributed by atoms with E-state index in [1.807, 2.05) is 6.20 Å². The zero-order valence-corrected chi connectivity index (χ0v) is 11.4. The van der Waals surface area contributed by atoms with E-state index in [2.05, 4.69) is 47.6 Å². The Hall–Kier alpha value is -1.51. The molecule has 0 spiro atoms. The number of aromatic amines is 1. The smallest absolute Gasteiger partial charge is 0.0881 e. The second-order valence-corrected chi connectivity index (χ2v) is 5.03. The van der Waals surface area contributed by atoms with Crippen molar-refractivity contribution >= 4 is 16.6 Å². The van der Waals surface area contributed by atoms with Gasteiger partial charge in [0.1, 0.15) is 0 Å². The van der Waals surface area contributed by atoms with Gasteiger partial charge in [-0.05, 0) is 19.4 Å². The number of anilines is 1. The molecule has 3 heteroatoms.